The highest BCUT2D eigenvalue weighted by molar-refractivity contribution is 5.40. The average Bonchev–Trinajstić information content (AvgIpc) is 2.61. The van der Waals surface area contributed by atoms with Crippen LogP contribution in [0.3, 0.4) is 0 Å². The minimum Gasteiger partial charge on any atom is -0.438 e. The molecule has 146 valence electrons. The lowest BCUT2D eigenvalue weighted by Crippen LogP contribution is -2.07. The summed E-state index contributed by atoms with van der Waals surface area (Å²) in [7, 11) is 0. The van der Waals surface area contributed by atoms with Crippen molar-refractivity contribution in [3.63, 3.8) is 0 Å². The van der Waals surface area contributed by atoms with Crippen LogP contribution in [0.1, 0.15) is 11.1 Å². The third-order valence-corrected chi connectivity index (χ3v) is 3.51. The van der Waals surface area contributed by atoms with Gasteiger partial charge in [-0.15, -0.1) is 0 Å². The van der Waals surface area contributed by atoms with E-state index in [-0.39, 0.29) is 11.8 Å². The number of nitrogens with zero attached hydrogens (tertiary/aromatic N) is 1. The lowest BCUT2D eigenvalue weighted by atomic mass is 10.2. The number of alkyl halides is 6. The molecule has 0 aliphatic rings. The summed E-state index contributed by atoms with van der Waals surface area (Å²) in [6.45, 7) is 0. The maximum Gasteiger partial charge on any atom is 0.419 e. The smallest absolute Gasteiger partial charge is 0.419 e. The molecular weight excluding hydrogens is 388 g/mol. The van der Waals surface area contributed by atoms with Gasteiger partial charge in [0.1, 0.15) is 11.5 Å². The molecule has 3 rings (SSSR count). The van der Waals surface area contributed by atoms with E-state index in [1.165, 1.54) is 42.5 Å². The molecule has 0 N–H and O–H groups in total. The van der Waals surface area contributed by atoms with Crippen LogP contribution in [0.15, 0.2) is 66.7 Å². The number of para-hydroxylation sites is 2. The first-order valence-corrected chi connectivity index (χ1v) is 7.80. The van der Waals surface area contributed by atoms with Crippen LogP contribution in [0, 0.1) is 0 Å². The van der Waals surface area contributed by atoms with E-state index in [4.69, 9.17) is 9.47 Å². The molecule has 28 heavy (non-hydrogen) atoms. The fourth-order valence-corrected chi connectivity index (χ4v) is 2.31. The van der Waals surface area contributed by atoms with Crippen LogP contribution < -0.4 is 9.47 Å². The number of rotatable bonds is 4. The van der Waals surface area contributed by atoms with Gasteiger partial charge in [0, 0.05) is 12.1 Å². The first kappa shape index (κ1) is 19.5. The highest BCUT2D eigenvalue weighted by Crippen LogP contribution is 2.39. The maximum atomic E-state index is 13.0. The van der Waals surface area contributed by atoms with Gasteiger partial charge in [-0.05, 0) is 24.3 Å². The molecule has 0 aliphatic heterocycles. The zero-order valence-corrected chi connectivity index (χ0v) is 13.9. The van der Waals surface area contributed by atoms with Gasteiger partial charge in [-0.1, -0.05) is 30.3 Å². The molecule has 0 fully saturated rings. The predicted octanol–water partition coefficient (Wildman–Crippen LogP) is 6.70. The molecule has 0 saturated heterocycles. The number of pyridine rings is 1. The molecule has 0 saturated carbocycles. The zero-order chi connectivity index (χ0) is 20.4. The Morgan fingerprint density at radius 3 is 1.32 bits per heavy atom. The molecule has 1 heterocycles. The second kappa shape index (κ2) is 7.41. The maximum absolute atomic E-state index is 13.0. The molecule has 0 spiro atoms. The Balaban J connectivity index is 1.88. The van der Waals surface area contributed by atoms with Crippen molar-refractivity contribution in [2.75, 3.05) is 0 Å². The van der Waals surface area contributed by atoms with Crippen LogP contribution >= 0.6 is 0 Å². The monoisotopic (exact) mass is 399 g/mol. The summed E-state index contributed by atoms with van der Waals surface area (Å²) in [6.07, 6.45) is -9.29. The first-order valence-electron chi connectivity index (χ1n) is 7.80. The highest BCUT2D eigenvalue weighted by Gasteiger charge is 2.35. The van der Waals surface area contributed by atoms with E-state index in [9.17, 15) is 26.3 Å². The fourth-order valence-electron chi connectivity index (χ4n) is 2.31. The minimum absolute atomic E-state index is 0.265. The Labute approximate surface area is 155 Å². The number of halogens is 6. The Kier molecular flexibility index (Phi) is 5.17. The Morgan fingerprint density at radius 2 is 0.929 bits per heavy atom. The van der Waals surface area contributed by atoms with Gasteiger partial charge in [-0.25, -0.2) is 0 Å². The number of benzene rings is 2. The summed E-state index contributed by atoms with van der Waals surface area (Å²) >= 11 is 0. The fraction of sp³-hybridized carbons (Fsp3) is 0.105. The van der Waals surface area contributed by atoms with Gasteiger partial charge in [-0.2, -0.15) is 31.3 Å². The normalized spacial score (nSPS) is 11.9. The minimum atomic E-state index is -4.64. The Morgan fingerprint density at radius 1 is 0.536 bits per heavy atom. The van der Waals surface area contributed by atoms with Gasteiger partial charge >= 0.3 is 12.4 Å². The van der Waals surface area contributed by atoms with Crippen molar-refractivity contribution >= 4 is 0 Å². The predicted molar refractivity (Wildman–Crippen MR) is 87.3 cm³/mol. The largest absolute Gasteiger partial charge is 0.438 e. The summed E-state index contributed by atoms with van der Waals surface area (Å²) in [6, 6.07) is 12.9. The lowest BCUT2D eigenvalue weighted by molar-refractivity contribution is -0.139. The van der Waals surface area contributed by atoms with E-state index in [2.05, 4.69) is 4.98 Å². The molecule has 1 aromatic heterocycles. The Bertz CT molecular complexity index is 894. The lowest BCUT2D eigenvalue weighted by Gasteiger charge is -2.14. The molecule has 0 aliphatic carbocycles. The quantitative estimate of drug-likeness (QED) is 0.457. The van der Waals surface area contributed by atoms with Crippen molar-refractivity contribution in [1.29, 1.82) is 0 Å². The third kappa shape index (κ3) is 4.54. The van der Waals surface area contributed by atoms with E-state index in [0.717, 1.165) is 24.3 Å². The van der Waals surface area contributed by atoms with Gasteiger partial charge in [-0.3, -0.25) is 0 Å². The molecule has 3 nitrogen and oxygen atoms in total. The van der Waals surface area contributed by atoms with Crippen molar-refractivity contribution in [1.82, 2.24) is 4.98 Å². The van der Waals surface area contributed by atoms with Crippen LogP contribution in [0.4, 0.5) is 26.3 Å². The molecule has 9 heteroatoms. The Hall–Kier alpha value is -3.23. The topological polar surface area (TPSA) is 31.4 Å². The molecule has 2 aromatic carbocycles. The number of ether oxygens (including phenoxy) is 2. The number of hydrogen-bond acceptors (Lipinski definition) is 3. The van der Waals surface area contributed by atoms with Gasteiger partial charge in [0.05, 0.1) is 11.1 Å². The molecule has 0 unspecified atom stereocenters. The van der Waals surface area contributed by atoms with E-state index in [1.807, 2.05) is 0 Å². The number of aromatic nitrogens is 1. The average molecular weight is 399 g/mol. The van der Waals surface area contributed by atoms with E-state index in [0.29, 0.717) is 0 Å². The van der Waals surface area contributed by atoms with Crippen molar-refractivity contribution in [3.8, 4) is 23.3 Å². The first-order chi connectivity index (χ1) is 13.1. The summed E-state index contributed by atoms with van der Waals surface area (Å²) < 4.78 is 88.6. The van der Waals surface area contributed by atoms with Gasteiger partial charge in [0.25, 0.3) is 0 Å². The third-order valence-electron chi connectivity index (χ3n) is 3.51. The summed E-state index contributed by atoms with van der Waals surface area (Å²) in [5.41, 5.74) is -2.02. The second-order valence-corrected chi connectivity index (χ2v) is 5.51. The summed E-state index contributed by atoms with van der Waals surface area (Å²) in [4.78, 5) is 3.83. The molecule has 0 amide bonds. The van der Waals surface area contributed by atoms with Crippen molar-refractivity contribution in [3.05, 3.63) is 77.9 Å². The van der Waals surface area contributed by atoms with Crippen molar-refractivity contribution in [2.24, 2.45) is 0 Å². The number of hydrogen-bond donors (Lipinski definition) is 0. The van der Waals surface area contributed by atoms with E-state index in [1.54, 1.807) is 0 Å². The molecular formula is C19H11F6NO2. The SMILES string of the molecule is FC(F)(F)c1ccccc1Oc1cccc(Oc2ccccc2C(F)(F)F)n1. The van der Waals surface area contributed by atoms with Crippen LogP contribution in [0.5, 0.6) is 23.3 Å². The molecule has 0 atom stereocenters. The van der Waals surface area contributed by atoms with E-state index < -0.39 is 35.0 Å². The molecule has 3 aromatic rings. The highest BCUT2D eigenvalue weighted by atomic mass is 19.4. The second-order valence-electron chi connectivity index (χ2n) is 5.51. The van der Waals surface area contributed by atoms with Crippen LogP contribution in [-0.4, -0.2) is 4.98 Å². The summed E-state index contributed by atoms with van der Waals surface area (Å²) in [5.74, 6) is -1.51. The van der Waals surface area contributed by atoms with Gasteiger partial charge in [0.15, 0.2) is 0 Å². The van der Waals surface area contributed by atoms with Crippen molar-refractivity contribution < 1.29 is 35.8 Å². The molecule has 0 bridgehead atoms. The van der Waals surface area contributed by atoms with Crippen molar-refractivity contribution in [2.45, 2.75) is 12.4 Å². The summed E-state index contributed by atoms with van der Waals surface area (Å²) in [5, 5.41) is 0. The van der Waals surface area contributed by atoms with Gasteiger partial charge in [0.2, 0.25) is 11.8 Å². The van der Waals surface area contributed by atoms with E-state index >= 15 is 0 Å². The zero-order valence-electron chi connectivity index (χ0n) is 13.9. The van der Waals surface area contributed by atoms with Gasteiger partial charge < -0.3 is 9.47 Å². The van der Waals surface area contributed by atoms with Crippen LogP contribution in [-0.2, 0) is 12.4 Å². The molecule has 0 radical (unpaired) electrons. The standard InChI is InChI=1S/C19H11F6NO2/c20-18(21,22)12-6-1-3-8-14(12)27-16-10-5-11-17(26-16)28-15-9-4-2-7-13(15)19(23,24)25/h1-11H. The van der Waals surface area contributed by atoms with Crippen LogP contribution in [0.25, 0.3) is 0 Å². The van der Waals surface area contributed by atoms with Crippen LogP contribution in [0.2, 0.25) is 0 Å².